The number of nitrogen functional groups attached to an aromatic ring is 1. The van der Waals surface area contributed by atoms with Crippen molar-refractivity contribution in [1.29, 1.82) is 0 Å². The Kier molecular flexibility index (Phi) is 3.24. The van der Waals surface area contributed by atoms with Gasteiger partial charge in [-0.25, -0.2) is 9.97 Å². The molecule has 2 N–H and O–H groups in total. The van der Waals surface area contributed by atoms with Crippen LogP contribution in [0.4, 0.5) is 23.1 Å². The molecule has 3 aromatic rings. The van der Waals surface area contributed by atoms with Gasteiger partial charge in [-0.1, -0.05) is 12.1 Å². The van der Waals surface area contributed by atoms with Crippen molar-refractivity contribution in [2.45, 2.75) is 0 Å². The van der Waals surface area contributed by atoms with E-state index in [-0.39, 0.29) is 0 Å². The molecule has 0 radical (unpaired) electrons. The summed E-state index contributed by atoms with van der Waals surface area (Å²) in [5.41, 5.74) is 6.71. The van der Waals surface area contributed by atoms with E-state index in [2.05, 4.69) is 15.0 Å². The maximum absolute atomic E-state index is 5.78. The van der Waals surface area contributed by atoms with Gasteiger partial charge in [-0.15, -0.1) is 0 Å². The van der Waals surface area contributed by atoms with Crippen LogP contribution in [0.25, 0.3) is 0 Å². The van der Waals surface area contributed by atoms with Crippen molar-refractivity contribution in [1.82, 2.24) is 15.0 Å². The quantitative estimate of drug-likeness (QED) is 0.786. The smallest absolute Gasteiger partial charge is 0.141 e. The molecule has 0 fully saturated rings. The normalized spacial score (nSPS) is 10.2. The van der Waals surface area contributed by atoms with Crippen molar-refractivity contribution in [3.05, 3.63) is 67.1 Å². The fourth-order valence-electron chi connectivity index (χ4n) is 1.93. The number of pyridine rings is 3. The zero-order valence-corrected chi connectivity index (χ0v) is 10.7. The summed E-state index contributed by atoms with van der Waals surface area (Å²) in [6, 6.07) is 15.1. The van der Waals surface area contributed by atoms with Gasteiger partial charge in [0.05, 0.1) is 5.69 Å². The van der Waals surface area contributed by atoms with E-state index in [4.69, 9.17) is 5.73 Å². The molecule has 0 aromatic carbocycles. The van der Waals surface area contributed by atoms with E-state index in [1.54, 1.807) is 24.7 Å². The lowest BCUT2D eigenvalue weighted by Crippen LogP contribution is -2.13. The fourth-order valence-corrected chi connectivity index (χ4v) is 1.93. The second-order valence-electron chi connectivity index (χ2n) is 4.15. The lowest BCUT2D eigenvalue weighted by molar-refractivity contribution is 1.12. The minimum atomic E-state index is 0.470. The summed E-state index contributed by atoms with van der Waals surface area (Å²) in [4.78, 5) is 14.7. The van der Waals surface area contributed by atoms with Gasteiger partial charge in [0.2, 0.25) is 0 Å². The van der Waals surface area contributed by atoms with Gasteiger partial charge in [0.15, 0.2) is 0 Å². The van der Waals surface area contributed by atoms with E-state index < -0.39 is 0 Å². The number of anilines is 4. The maximum atomic E-state index is 5.78. The molecule has 98 valence electrons. The first-order valence-corrected chi connectivity index (χ1v) is 6.18. The average Bonchev–Trinajstić information content (AvgIpc) is 2.50. The topological polar surface area (TPSA) is 67.9 Å². The highest BCUT2D eigenvalue weighted by atomic mass is 15.2. The zero-order valence-electron chi connectivity index (χ0n) is 10.7. The van der Waals surface area contributed by atoms with E-state index in [0.717, 1.165) is 17.3 Å². The third-order valence-electron chi connectivity index (χ3n) is 2.78. The Morgan fingerprint density at radius 2 is 1.60 bits per heavy atom. The average molecular weight is 263 g/mol. The second-order valence-corrected chi connectivity index (χ2v) is 4.15. The molecular weight excluding hydrogens is 250 g/mol. The van der Waals surface area contributed by atoms with Crippen LogP contribution >= 0.6 is 0 Å². The summed E-state index contributed by atoms with van der Waals surface area (Å²) in [7, 11) is 0. The van der Waals surface area contributed by atoms with Crippen LogP contribution < -0.4 is 10.6 Å². The van der Waals surface area contributed by atoms with Gasteiger partial charge in [-0.05, 0) is 36.4 Å². The van der Waals surface area contributed by atoms with Crippen LogP contribution in [0.1, 0.15) is 0 Å². The Labute approximate surface area is 116 Å². The Morgan fingerprint density at radius 1 is 0.800 bits per heavy atom. The molecule has 3 heterocycles. The van der Waals surface area contributed by atoms with Crippen LogP contribution in [0.5, 0.6) is 0 Å². The third kappa shape index (κ3) is 2.42. The van der Waals surface area contributed by atoms with E-state index in [1.165, 1.54) is 0 Å². The van der Waals surface area contributed by atoms with Crippen LogP contribution in [0.2, 0.25) is 0 Å². The second kappa shape index (κ2) is 5.36. The molecule has 3 rings (SSSR count). The molecule has 3 aromatic heterocycles. The lowest BCUT2D eigenvalue weighted by Gasteiger charge is -2.22. The predicted molar refractivity (Wildman–Crippen MR) is 78.9 cm³/mol. The molecule has 0 amide bonds. The maximum Gasteiger partial charge on any atom is 0.141 e. The molecule has 0 atom stereocenters. The Hall–Kier alpha value is -2.95. The minimum Gasteiger partial charge on any atom is -0.384 e. The van der Waals surface area contributed by atoms with Gasteiger partial charge >= 0.3 is 0 Å². The van der Waals surface area contributed by atoms with Gasteiger partial charge in [0.1, 0.15) is 17.5 Å². The Balaban J connectivity index is 2.14. The van der Waals surface area contributed by atoms with E-state index in [1.807, 2.05) is 47.4 Å². The van der Waals surface area contributed by atoms with E-state index >= 15 is 0 Å². The van der Waals surface area contributed by atoms with Gasteiger partial charge in [-0.2, -0.15) is 0 Å². The summed E-state index contributed by atoms with van der Waals surface area (Å²) >= 11 is 0. The summed E-state index contributed by atoms with van der Waals surface area (Å²) in [6.45, 7) is 0. The van der Waals surface area contributed by atoms with Gasteiger partial charge in [0, 0.05) is 18.6 Å². The van der Waals surface area contributed by atoms with Crippen LogP contribution in [0.3, 0.4) is 0 Å². The minimum absolute atomic E-state index is 0.470. The molecule has 0 saturated carbocycles. The molecular formula is C15H13N5. The number of hydrogen-bond donors (Lipinski definition) is 1. The van der Waals surface area contributed by atoms with Gasteiger partial charge in [-0.3, -0.25) is 9.88 Å². The number of hydrogen-bond acceptors (Lipinski definition) is 5. The molecule has 5 heteroatoms. The van der Waals surface area contributed by atoms with E-state index in [9.17, 15) is 0 Å². The fraction of sp³-hybridized carbons (Fsp3) is 0. The molecule has 0 saturated heterocycles. The van der Waals surface area contributed by atoms with Gasteiger partial charge in [0.25, 0.3) is 0 Å². The van der Waals surface area contributed by atoms with Crippen molar-refractivity contribution in [2.24, 2.45) is 0 Å². The van der Waals surface area contributed by atoms with Gasteiger partial charge < -0.3 is 5.73 Å². The first kappa shape index (κ1) is 12.1. The first-order chi connectivity index (χ1) is 9.84. The standard InChI is InChI=1S/C15H13N5/c16-13-4-3-6-15(19-13)20(12-7-10-17-11-8-12)14-5-1-2-9-18-14/h1-11H,(H2,16,19). The Morgan fingerprint density at radius 3 is 2.30 bits per heavy atom. The van der Waals surface area contributed by atoms with Crippen LogP contribution in [-0.4, -0.2) is 15.0 Å². The molecule has 0 bridgehead atoms. The molecule has 0 aliphatic carbocycles. The molecule has 0 unspecified atom stereocenters. The predicted octanol–water partition coefficient (Wildman–Crippen LogP) is 2.92. The first-order valence-electron chi connectivity index (χ1n) is 6.18. The van der Waals surface area contributed by atoms with Crippen LogP contribution in [0, 0.1) is 0 Å². The summed E-state index contributed by atoms with van der Waals surface area (Å²) in [5.74, 6) is 1.96. The third-order valence-corrected chi connectivity index (χ3v) is 2.78. The van der Waals surface area contributed by atoms with E-state index in [0.29, 0.717) is 5.82 Å². The van der Waals surface area contributed by atoms with Crippen molar-refractivity contribution in [2.75, 3.05) is 10.6 Å². The van der Waals surface area contributed by atoms with Crippen molar-refractivity contribution >= 4 is 23.1 Å². The highest BCUT2D eigenvalue weighted by molar-refractivity contribution is 5.72. The lowest BCUT2D eigenvalue weighted by atomic mass is 10.3. The van der Waals surface area contributed by atoms with Crippen molar-refractivity contribution in [3.63, 3.8) is 0 Å². The largest absolute Gasteiger partial charge is 0.384 e. The molecule has 20 heavy (non-hydrogen) atoms. The number of aromatic nitrogens is 3. The molecule has 0 spiro atoms. The van der Waals surface area contributed by atoms with Crippen molar-refractivity contribution < 1.29 is 0 Å². The zero-order chi connectivity index (χ0) is 13.8. The van der Waals surface area contributed by atoms with Crippen LogP contribution in [-0.2, 0) is 0 Å². The number of rotatable bonds is 3. The summed E-state index contributed by atoms with van der Waals surface area (Å²) < 4.78 is 0. The highest BCUT2D eigenvalue weighted by Gasteiger charge is 2.14. The molecule has 0 aliphatic heterocycles. The number of nitrogens with zero attached hydrogens (tertiary/aromatic N) is 4. The molecule has 0 aliphatic rings. The molecule has 5 nitrogen and oxygen atoms in total. The van der Waals surface area contributed by atoms with Crippen LogP contribution in [0.15, 0.2) is 67.1 Å². The summed E-state index contributed by atoms with van der Waals surface area (Å²) in [5, 5.41) is 0. The number of nitrogens with two attached hydrogens (primary N) is 1. The monoisotopic (exact) mass is 263 g/mol. The highest BCUT2D eigenvalue weighted by Crippen LogP contribution is 2.31. The summed E-state index contributed by atoms with van der Waals surface area (Å²) in [6.07, 6.45) is 5.21. The van der Waals surface area contributed by atoms with Crippen molar-refractivity contribution in [3.8, 4) is 0 Å². The SMILES string of the molecule is Nc1cccc(N(c2ccncc2)c2ccccn2)n1. The Bertz CT molecular complexity index is 645.